The van der Waals surface area contributed by atoms with Crippen molar-refractivity contribution in [2.24, 2.45) is 5.41 Å². The third kappa shape index (κ3) is 6.12. The second kappa shape index (κ2) is 6.79. The topological polar surface area (TPSA) is 41.6 Å². The van der Waals surface area contributed by atoms with Crippen LogP contribution in [-0.2, 0) is 4.74 Å². The predicted octanol–water partition coefficient (Wildman–Crippen LogP) is 3.41. The van der Waals surface area contributed by atoms with Crippen molar-refractivity contribution in [2.45, 2.75) is 72.4 Å². The van der Waals surface area contributed by atoms with Crippen LogP contribution in [-0.4, -0.2) is 42.3 Å². The van der Waals surface area contributed by atoms with Crippen molar-refractivity contribution in [3.8, 4) is 0 Å². The minimum absolute atomic E-state index is 0.182. The summed E-state index contributed by atoms with van der Waals surface area (Å²) in [6, 6.07) is 0.391. The second-order valence-electron chi connectivity index (χ2n) is 7.66. The summed E-state index contributed by atoms with van der Waals surface area (Å²) in [6.07, 6.45) is 3.16. The lowest BCUT2D eigenvalue weighted by atomic mass is 9.89. The summed E-state index contributed by atoms with van der Waals surface area (Å²) in [6.45, 7) is 15.1. The Kier molecular flexibility index (Phi) is 5.87. The number of hydrogen-bond donors (Lipinski definition) is 1. The van der Waals surface area contributed by atoms with E-state index in [-0.39, 0.29) is 6.09 Å². The van der Waals surface area contributed by atoms with E-state index in [1.807, 2.05) is 25.7 Å². The fourth-order valence-corrected chi connectivity index (χ4v) is 2.18. The highest BCUT2D eigenvalue weighted by atomic mass is 16.6. The maximum Gasteiger partial charge on any atom is 0.410 e. The van der Waals surface area contributed by atoms with Crippen LogP contribution in [0, 0.1) is 5.41 Å². The van der Waals surface area contributed by atoms with E-state index in [1.54, 1.807) is 0 Å². The molecule has 0 bridgehead atoms. The summed E-state index contributed by atoms with van der Waals surface area (Å²) < 4.78 is 5.45. The molecule has 1 N–H and O–H groups in total. The molecule has 1 amide bonds. The molecule has 20 heavy (non-hydrogen) atoms. The number of hydrogen-bond acceptors (Lipinski definition) is 3. The van der Waals surface area contributed by atoms with Gasteiger partial charge >= 0.3 is 6.09 Å². The fraction of sp³-hybridized carbons (Fsp3) is 0.938. The third-order valence-corrected chi connectivity index (χ3v) is 3.90. The van der Waals surface area contributed by atoms with Gasteiger partial charge in [-0.15, -0.1) is 0 Å². The molecule has 1 unspecified atom stereocenters. The summed E-state index contributed by atoms with van der Waals surface area (Å²) in [5, 5.41) is 3.61. The molecular weight excluding hydrogens is 252 g/mol. The highest BCUT2D eigenvalue weighted by molar-refractivity contribution is 5.68. The van der Waals surface area contributed by atoms with Gasteiger partial charge in [-0.2, -0.15) is 0 Å². The SMILES string of the molecule is CCC(C)(C)CNC1CCCN(C(=O)OC(C)(C)C)C1. The van der Waals surface area contributed by atoms with Crippen LogP contribution < -0.4 is 5.32 Å². The summed E-state index contributed by atoms with van der Waals surface area (Å²) in [7, 11) is 0. The second-order valence-corrected chi connectivity index (χ2v) is 7.66. The van der Waals surface area contributed by atoms with Crippen molar-refractivity contribution in [3.63, 3.8) is 0 Å². The summed E-state index contributed by atoms with van der Waals surface area (Å²) >= 11 is 0. The molecule has 0 radical (unpaired) electrons. The molecule has 1 fully saturated rings. The Morgan fingerprint density at radius 3 is 2.50 bits per heavy atom. The molecular formula is C16H32N2O2. The lowest BCUT2D eigenvalue weighted by molar-refractivity contribution is 0.0184. The van der Waals surface area contributed by atoms with Crippen LogP contribution >= 0.6 is 0 Å². The lowest BCUT2D eigenvalue weighted by Crippen LogP contribution is -2.50. The van der Waals surface area contributed by atoms with Crippen molar-refractivity contribution in [1.82, 2.24) is 10.2 Å². The number of carbonyl (C=O) groups is 1. The molecule has 1 aliphatic heterocycles. The van der Waals surface area contributed by atoms with Crippen LogP contribution in [0.5, 0.6) is 0 Å². The molecule has 1 saturated heterocycles. The maximum atomic E-state index is 12.1. The first-order valence-corrected chi connectivity index (χ1v) is 7.84. The van der Waals surface area contributed by atoms with Crippen LogP contribution in [0.1, 0.15) is 60.8 Å². The molecule has 0 aromatic carbocycles. The molecule has 1 rings (SSSR count). The Bertz CT molecular complexity index is 321. The first-order chi connectivity index (χ1) is 9.13. The van der Waals surface area contributed by atoms with Gasteiger partial charge in [0.15, 0.2) is 0 Å². The zero-order valence-corrected chi connectivity index (χ0v) is 14.1. The monoisotopic (exact) mass is 284 g/mol. The Morgan fingerprint density at radius 1 is 1.30 bits per heavy atom. The van der Waals surface area contributed by atoms with Crippen LogP contribution in [0.2, 0.25) is 0 Å². The van der Waals surface area contributed by atoms with E-state index in [1.165, 1.54) is 0 Å². The standard InChI is InChI=1S/C16H32N2O2/c1-7-16(5,6)12-17-13-9-8-10-18(11-13)14(19)20-15(2,3)4/h13,17H,7-12H2,1-6H3. The van der Waals surface area contributed by atoms with E-state index in [2.05, 4.69) is 26.1 Å². The van der Waals surface area contributed by atoms with Gasteiger partial charge < -0.3 is 15.0 Å². The molecule has 0 aromatic heterocycles. The summed E-state index contributed by atoms with van der Waals surface area (Å²) in [4.78, 5) is 13.9. The van der Waals surface area contributed by atoms with Gasteiger partial charge in [0, 0.05) is 25.7 Å². The third-order valence-electron chi connectivity index (χ3n) is 3.90. The van der Waals surface area contributed by atoms with E-state index in [0.717, 1.165) is 38.9 Å². The van der Waals surface area contributed by atoms with E-state index < -0.39 is 5.60 Å². The van der Waals surface area contributed by atoms with Gasteiger partial charge in [-0.05, 0) is 45.4 Å². The summed E-state index contributed by atoms with van der Waals surface area (Å²) in [5.74, 6) is 0. The van der Waals surface area contributed by atoms with E-state index in [4.69, 9.17) is 4.74 Å². The minimum Gasteiger partial charge on any atom is -0.444 e. The Labute approximate surface area is 124 Å². The normalized spacial score (nSPS) is 20.9. The molecule has 1 atom stereocenters. The molecule has 4 nitrogen and oxygen atoms in total. The van der Waals surface area contributed by atoms with Crippen molar-refractivity contribution in [1.29, 1.82) is 0 Å². The Balaban J connectivity index is 2.44. The molecule has 4 heteroatoms. The first kappa shape index (κ1) is 17.3. The number of likely N-dealkylation sites (tertiary alicyclic amines) is 1. The summed E-state index contributed by atoms with van der Waals surface area (Å²) in [5.41, 5.74) is -0.101. The van der Waals surface area contributed by atoms with Gasteiger partial charge in [-0.1, -0.05) is 20.8 Å². The van der Waals surface area contributed by atoms with E-state index in [0.29, 0.717) is 11.5 Å². The smallest absolute Gasteiger partial charge is 0.410 e. The number of piperidine rings is 1. The number of amides is 1. The average Bonchev–Trinajstić information content (AvgIpc) is 2.35. The Hall–Kier alpha value is -0.770. The quantitative estimate of drug-likeness (QED) is 0.860. The first-order valence-electron chi connectivity index (χ1n) is 7.84. The van der Waals surface area contributed by atoms with Gasteiger partial charge in [-0.25, -0.2) is 4.79 Å². The highest BCUT2D eigenvalue weighted by Gasteiger charge is 2.28. The van der Waals surface area contributed by atoms with E-state index in [9.17, 15) is 4.79 Å². The molecule has 0 saturated carbocycles. The number of nitrogens with zero attached hydrogens (tertiary/aromatic N) is 1. The maximum absolute atomic E-state index is 12.1. The average molecular weight is 284 g/mol. The largest absolute Gasteiger partial charge is 0.444 e. The van der Waals surface area contributed by atoms with Gasteiger partial charge in [-0.3, -0.25) is 0 Å². The fourth-order valence-electron chi connectivity index (χ4n) is 2.18. The molecule has 0 aromatic rings. The van der Waals surface area contributed by atoms with Crippen molar-refractivity contribution in [2.75, 3.05) is 19.6 Å². The van der Waals surface area contributed by atoms with Crippen LogP contribution in [0.4, 0.5) is 4.79 Å². The van der Waals surface area contributed by atoms with Crippen LogP contribution in [0.15, 0.2) is 0 Å². The van der Waals surface area contributed by atoms with Gasteiger partial charge in [0.1, 0.15) is 5.60 Å². The molecule has 118 valence electrons. The number of rotatable bonds is 4. The van der Waals surface area contributed by atoms with E-state index >= 15 is 0 Å². The van der Waals surface area contributed by atoms with Gasteiger partial charge in [0.05, 0.1) is 0 Å². The van der Waals surface area contributed by atoms with Gasteiger partial charge in [0.2, 0.25) is 0 Å². The Morgan fingerprint density at radius 2 is 1.95 bits per heavy atom. The van der Waals surface area contributed by atoms with Crippen molar-refractivity contribution in [3.05, 3.63) is 0 Å². The van der Waals surface area contributed by atoms with Crippen LogP contribution in [0.25, 0.3) is 0 Å². The number of nitrogens with one attached hydrogen (secondary N) is 1. The molecule has 0 aliphatic carbocycles. The predicted molar refractivity (Wildman–Crippen MR) is 82.9 cm³/mol. The van der Waals surface area contributed by atoms with Crippen LogP contribution in [0.3, 0.4) is 0 Å². The molecule has 0 spiro atoms. The minimum atomic E-state index is -0.415. The van der Waals surface area contributed by atoms with Crippen molar-refractivity contribution < 1.29 is 9.53 Å². The molecule has 1 heterocycles. The highest BCUT2D eigenvalue weighted by Crippen LogP contribution is 2.20. The lowest BCUT2D eigenvalue weighted by Gasteiger charge is -2.36. The number of ether oxygens (including phenoxy) is 1. The molecule has 1 aliphatic rings. The zero-order chi connectivity index (χ0) is 15.4. The van der Waals surface area contributed by atoms with Gasteiger partial charge in [0.25, 0.3) is 0 Å². The zero-order valence-electron chi connectivity index (χ0n) is 14.1. The van der Waals surface area contributed by atoms with Crippen molar-refractivity contribution >= 4 is 6.09 Å². The number of carbonyl (C=O) groups excluding carboxylic acids is 1.